The number of nitrogens with zero attached hydrogens (tertiary/aromatic N) is 1. The maximum atomic E-state index is 11.5. The third-order valence-electron chi connectivity index (χ3n) is 4.92. The molecule has 1 saturated heterocycles. The van der Waals surface area contributed by atoms with E-state index in [4.69, 9.17) is 4.74 Å². The van der Waals surface area contributed by atoms with Crippen LogP contribution in [0.1, 0.15) is 52.4 Å². The summed E-state index contributed by atoms with van der Waals surface area (Å²) in [6.45, 7) is 6.79. The second kappa shape index (κ2) is 7.30. The number of piperidine rings is 1. The fraction of sp³-hybridized carbons (Fsp3) is 0.938. The van der Waals surface area contributed by atoms with E-state index in [-0.39, 0.29) is 12.1 Å². The first-order valence-corrected chi connectivity index (χ1v) is 8.22. The Bertz CT molecular complexity index is 318. The highest BCUT2D eigenvalue weighted by molar-refractivity contribution is 5.67. The minimum atomic E-state index is -0.287. The summed E-state index contributed by atoms with van der Waals surface area (Å²) in [4.78, 5) is 14.1. The lowest BCUT2D eigenvalue weighted by Gasteiger charge is -2.41. The molecule has 1 N–H and O–H groups in total. The fourth-order valence-corrected chi connectivity index (χ4v) is 3.48. The Labute approximate surface area is 123 Å². The van der Waals surface area contributed by atoms with Gasteiger partial charge >= 0.3 is 6.09 Å². The molecule has 3 atom stereocenters. The summed E-state index contributed by atoms with van der Waals surface area (Å²) >= 11 is 0. The Morgan fingerprint density at radius 2 is 2.15 bits per heavy atom. The smallest absolute Gasteiger partial charge is 0.407 e. The van der Waals surface area contributed by atoms with Crippen LogP contribution in [0.4, 0.5) is 4.79 Å². The molecule has 0 bridgehead atoms. The van der Waals surface area contributed by atoms with Crippen molar-refractivity contribution in [3.8, 4) is 0 Å². The Kier molecular flexibility index (Phi) is 5.70. The van der Waals surface area contributed by atoms with Crippen LogP contribution in [0.25, 0.3) is 0 Å². The summed E-state index contributed by atoms with van der Waals surface area (Å²) in [5, 5.41) is 3.02. The van der Waals surface area contributed by atoms with Gasteiger partial charge in [-0.25, -0.2) is 4.79 Å². The highest BCUT2D eigenvalue weighted by atomic mass is 16.5. The summed E-state index contributed by atoms with van der Waals surface area (Å²) in [5.41, 5.74) is 0. The second-order valence-electron chi connectivity index (χ2n) is 6.61. The molecule has 2 aliphatic rings. The van der Waals surface area contributed by atoms with Crippen molar-refractivity contribution in [1.82, 2.24) is 10.2 Å². The lowest BCUT2D eigenvalue weighted by Crippen LogP contribution is -2.53. The van der Waals surface area contributed by atoms with E-state index in [2.05, 4.69) is 24.1 Å². The molecule has 2 fully saturated rings. The van der Waals surface area contributed by atoms with Crippen LogP contribution < -0.4 is 5.32 Å². The molecule has 116 valence electrons. The summed E-state index contributed by atoms with van der Waals surface area (Å²) in [7, 11) is 1.44. The van der Waals surface area contributed by atoms with E-state index >= 15 is 0 Å². The quantitative estimate of drug-likeness (QED) is 0.814. The van der Waals surface area contributed by atoms with Crippen LogP contribution in [0.3, 0.4) is 0 Å². The number of likely N-dealkylation sites (tertiary alicyclic amines) is 1. The van der Waals surface area contributed by atoms with Gasteiger partial charge in [-0.05, 0) is 44.4 Å². The van der Waals surface area contributed by atoms with E-state index in [9.17, 15) is 4.79 Å². The van der Waals surface area contributed by atoms with Gasteiger partial charge in [0.05, 0.1) is 7.11 Å². The number of rotatable bonds is 6. The Balaban J connectivity index is 1.91. The molecule has 3 unspecified atom stereocenters. The van der Waals surface area contributed by atoms with E-state index in [1.165, 1.54) is 45.8 Å². The van der Waals surface area contributed by atoms with Gasteiger partial charge in [-0.2, -0.15) is 0 Å². The first-order valence-electron chi connectivity index (χ1n) is 8.22. The van der Waals surface area contributed by atoms with Crippen molar-refractivity contribution >= 4 is 6.09 Å². The van der Waals surface area contributed by atoms with Gasteiger partial charge in [0, 0.05) is 25.2 Å². The molecule has 2 rings (SSSR count). The maximum Gasteiger partial charge on any atom is 0.407 e. The van der Waals surface area contributed by atoms with Crippen molar-refractivity contribution in [2.45, 2.75) is 64.5 Å². The predicted octanol–water partition coefficient (Wildman–Crippen LogP) is 3.02. The summed E-state index contributed by atoms with van der Waals surface area (Å²) < 4.78 is 4.76. The third-order valence-corrected chi connectivity index (χ3v) is 4.92. The van der Waals surface area contributed by atoms with Crippen molar-refractivity contribution in [3.05, 3.63) is 0 Å². The molecular formula is C16H30N2O2. The SMILES string of the molecule is CCCCC1CC(NC(=O)OC)CN(C(C)C2CC2)C1. The average molecular weight is 282 g/mol. The second-order valence-corrected chi connectivity index (χ2v) is 6.61. The molecule has 4 heteroatoms. The van der Waals surface area contributed by atoms with Gasteiger partial charge in [0.2, 0.25) is 0 Å². The van der Waals surface area contributed by atoms with Gasteiger partial charge in [-0.15, -0.1) is 0 Å². The maximum absolute atomic E-state index is 11.5. The van der Waals surface area contributed by atoms with E-state index in [0.717, 1.165) is 18.9 Å². The Morgan fingerprint density at radius 1 is 1.40 bits per heavy atom. The number of alkyl carbamates (subject to hydrolysis) is 1. The zero-order valence-corrected chi connectivity index (χ0v) is 13.2. The van der Waals surface area contributed by atoms with E-state index in [1.54, 1.807) is 0 Å². The molecule has 1 saturated carbocycles. The number of nitrogens with one attached hydrogen (secondary N) is 1. The largest absolute Gasteiger partial charge is 0.453 e. The number of methoxy groups -OCH3 is 1. The van der Waals surface area contributed by atoms with Crippen LogP contribution in [0, 0.1) is 11.8 Å². The van der Waals surface area contributed by atoms with Crippen LogP contribution in [0.5, 0.6) is 0 Å². The van der Waals surface area contributed by atoms with Gasteiger partial charge in [0.25, 0.3) is 0 Å². The van der Waals surface area contributed by atoms with Crippen molar-refractivity contribution in [2.75, 3.05) is 20.2 Å². The standard InChI is InChI=1S/C16H30N2O2/c1-4-5-6-13-9-15(17-16(19)20-3)11-18(10-13)12(2)14-7-8-14/h12-15H,4-11H2,1-3H3,(H,17,19). The van der Waals surface area contributed by atoms with Crippen molar-refractivity contribution in [3.63, 3.8) is 0 Å². The zero-order chi connectivity index (χ0) is 14.5. The number of amides is 1. The van der Waals surface area contributed by atoms with Crippen LogP contribution in [-0.2, 0) is 4.74 Å². The molecule has 1 amide bonds. The molecule has 0 radical (unpaired) electrons. The summed E-state index contributed by atoms with van der Waals surface area (Å²) in [6, 6.07) is 0.917. The van der Waals surface area contributed by atoms with Crippen LogP contribution in [0.15, 0.2) is 0 Å². The molecule has 20 heavy (non-hydrogen) atoms. The molecule has 0 aromatic carbocycles. The van der Waals surface area contributed by atoms with E-state index < -0.39 is 0 Å². The van der Waals surface area contributed by atoms with Gasteiger partial charge in [-0.1, -0.05) is 19.8 Å². The number of unbranched alkanes of at least 4 members (excludes halogenated alkanes) is 1. The van der Waals surface area contributed by atoms with Crippen LogP contribution >= 0.6 is 0 Å². The highest BCUT2D eigenvalue weighted by Crippen LogP contribution is 2.37. The number of hydrogen-bond acceptors (Lipinski definition) is 3. The number of carbonyl (C=O) groups excluding carboxylic acids is 1. The van der Waals surface area contributed by atoms with E-state index in [0.29, 0.717) is 12.0 Å². The normalized spacial score (nSPS) is 28.9. The molecule has 1 heterocycles. The minimum Gasteiger partial charge on any atom is -0.453 e. The first-order chi connectivity index (χ1) is 9.63. The number of carbonyl (C=O) groups is 1. The van der Waals surface area contributed by atoms with Crippen LogP contribution in [-0.4, -0.2) is 43.3 Å². The van der Waals surface area contributed by atoms with Crippen molar-refractivity contribution < 1.29 is 9.53 Å². The highest BCUT2D eigenvalue weighted by Gasteiger charge is 2.36. The van der Waals surface area contributed by atoms with Gasteiger partial charge in [0.15, 0.2) is 0 Å². The van der Waals surface area contributed by atoms with Gasteiger partial charge in [0.1, 0.15) is 0 Å². The summed E-state index contributed by atoms with van der Waals surface area (Å²) in [6.07, 6.45) is 7.40. The monoisotopic (exact) mass is 282 g/mol. The molecule has 0 spiro atoms. The topological polar surface area (TPSA) is 41.6 Å². The van der Waals surface area contributed by atoms with Crippen molar-refractivity contribution in [2.24, 2.45) is 11.8 Å². The fourth-order valence-electron chi connectivity index (χ4n) is 3.48. The van der Waals surface area contributed by atoms with E-state index in [1.807, 2.05) is 0 Å². The molecule has 1 aliphatic heterocycles. The molecule has 1 aliphatic carbocycles. The van der Waals surface area contributed by atoms with Gasteiger partial charge in [-0.3, -0.25) is 4.90 Å². The Hall–Kier alpha value is -0.770. The predicted molar refractivity (Wildman–Crippen MR) is 80.7 cm³/mol. The number of ether oxygens (including phenoxy) is 1. The molecule has 0 aromatic heterocycles. The number of hydrogen-bond donors (Lipinski definition) is 1. The minimum absolute atomic E-state index is 0.249. The van der Waals surface area contributed by atoms with Crippen molar-refractivity contribution in [1.29, 1.82) is 0 Å². The lowest BCUT2D eigenvalue weighted by molar-refractivity contribution is 0.0858. The molecular weight excluding hydrogens is 252 g/mol. The summed E-state index contributed by atoms with van der Waals surface area (Å²) in [5.74, 6) is 1.60. The molecule has 4 nitrogen and oxygen atoms in total. The third kappa shape index (κ3) is 4.37. The van der Waals surface area contributed by atoms with Gasteiger partial charge < -0.3 is 10.1 Å². The lowest BCUT2D eigenvalue weighted by atomic mass is 9.88. The average Bonchev–Trinajstić information content (AvgIpc) is 3.28. The zero-order valence-electron chi connectivity index (χ0n) is 13.2. The first kappa shape index (κ1) is 15.6. The molecule has 0 aromatic rings. The van der Waals surface area contributed by atoms with Crippen LogP contribution in [0.2, 0.25) is 0 Å². The Morgan fingerprint density at radius 3 is 2.75 bits per heavy atom.